The first-order valence-corrected chi connectivity index (χ1v) is 15.5. The van der Waals surface area contributed by atoms with E-state index in [9.17, 15) is 5.26 Å². The van der Waals surface area contributed by atoms with Crippen molar-refractivity contribution >= 4 is 37.2 Å². The number of allylic oxidation sites excluding steroid dienone is 4. The van der Waals surface area contributed by atoms with Crippen molar-refractivity contribution in [2.75, 3.05) is 4.90 Å². The van der Waals surface area contributed by atoms with E-state index < -0.39 is 0 Å². The SMILES string of the molecule is N#Cc1ccc2sc3ccc(C4CCC5[C@@H](C4)C4=C(C=CCC=C4)N5c4ccc(-c5ccccc5)cc4)cc3c2c1. The molecular formula is C38H30N2S. The number of nitriles is 1. The number of nitrogens with zero attached hydrogens (tertiary/aromatic N) is 2. The summed E-state index contributed by atoms with van der Waals surface area (Å²) in [5.41, 5.74) is 8.87. The van der Waals surface area contributed by atoms with Gasteiger partial charge >= 0.3 is 0 Å². The molecule has 3 aliphatic rings. The lowest BCUT2D eigenvalue weighted by molar-refractivity contribution is 0.329. The number of anilines is 1. The summed E-state index contributed by atoms with van der Waals surface area (Å²) in [7, 11) is 0. The standard InChI is InChI=1S/C38H30N2S/c39-24-25-11-19-37-33(21-25)34-23-29(15-20-38(34)41-37)28-14-18-36-32(22-28)31-9-5-2-6-10-35(31)40(36)30-16-12-27(13-17-30)26-7-3-1-4-8-26/h1,3-13,15-17,19-21,23,28,32,36H,2,14,18,22H2/t28?,32-,36?/m0/s1. The summed E-state index contributed by atoms with van der Waals surface area (Å²) < 4.78 is 2.56. The maximum atomic E-state index is 9.47. The quantitative estimate of drug-likeness (QED) is 0.225. The summed E-state index contributed by atoms with van der Waals surface area (Å²) in [5.74, 6) is 1.04. The third-order valence-electron chi connectivity index (χ3n) is 9.29. The average molecular weight is 547 g/mol. The topological polar surface area (TPSA) is 27.0 Å². The second-order valence-electron chi connectivity index (χ2n) is 11.5. The maximum absolute atomic E-state index is 9.47. The summed E-state index contributed by atoms with van der Waals surface area (Å²) in [6, 6.07) is 35.8. The molecule has 0 spiro atoms. The van der Waals surface area contributed by atoms with Crippen LogP contribution in [-0.4, -0.2) is 6.04 Å². The Morgan fingerprint density at radius 2 is 1.51 bits per heavy atom. The lowest BCUT2D eigenvalue weighted by Gasteiger charge is -2.38. The van der Waals surface area contributed by atoms with E-state index in [-0.39, 0.29) is 0 Å². The van der Waals surface area contributed by atoms with Crippen molar-refractivity contribution in [2.24, 2.45) is 5.92 Å². The van der Waals surface area contributed by atoms with Crippen molar-refractivity contribution in [1.82, 2.24) is 0 Å². The molecule has 1 aliphatic heterocycles. The molecule has 1 fully saturated rings. The molecule has 41 heavy (non-hydrogen) atoms. The Kier molecular flexibility index (Phi) is 5.90. The van der Waals surface area contributed by atoms with Crippen LogP contribution in [0.1, 0.15) is 42.7 Å². The van der Waals surface area contributed by atoms with Gasteiger partial charge in [0.2, 0.25) is 0 Å². The van der Waals surface area contributed by atoms with Crippen molar-refractivity contribution in [2.45, 2.75) is 37.6 Å². The monoisotopic (exact) mass is 546 g/mol. The zero-order valence-corrected chi connectivity index (χ0v) is 23.6. The molecule has 1 aromatic heterocycles. The Morgan fingerprint density at radius 1 is 0.756 bits per heavy atom. The molecule has 0 saturated heterocycles. The highest BCUT2D eigenvalue weighted by Gasteiger charge is 2.43. The minimum atomic E-state index is 0.482. The molecule has 0 N–H and O–H groups in total. The fourth-order valence-electron chi connectivity index (χ4n) is 7.34. The molecule has 198 valence electrons. The van der Waals surface area contributed by atoms with E-state index >= 15 is 0 Å². The second-order valence-corrected chi connectivity index (χ2v) is 12.6. The number of benzene rings is 4. The van der Waals surface area contributed by atoms with Gasteiger partial charge in [0, 0.05) is 43.5 Å². The molecular weight excluding hydrogens is 516 g/mol. The maximum Gasteiger partial charge on any atom is 0.0991 e. The number of rotatable bonds is 3. The van der Waals surface area contributed by atoms with E-state index in [1.165, 1.54) is 66.7 Å². The number of fused-ring (bicyclic) bond motifs is 5. The van der Waals surface area contributed by atoms with E-state index in [4.69, 9.17) is 0 Å². The minimum Gasteiger partial charge on any atom is -0.338 e. The van der Waals surface area contributed by atoms with Crippen LogP contribution in [0.4, 0.5) is 5.69 Å². The van der Waals surface area contributed by atoms with Gasteiger partial charge in [0.05, 0.1) is 11.6 Å². The van der Waals surface area contributed by atoms with Crippen LogP contribution >= 0.6 is 11.3 Å². The summed E-state index contributed by atoms with van der Waals surface area (Å²) in [5, 5.41) is 12.0. The van der Waals surface area contributed by atoms with Crippen LogP contribution in [0.5, 0.6) is 0 Å². The van der Waals surface area contributed by atoms with Gasteiger partial charge in [0.1, 0.15) is 0 Å². The zero-order valence-electron chi connectivity index (χ0n) is 22.8. The van der Waals surface area contributed by atoms with Crippen molar-refractivity contribution in [3.05, 3.63) is 138 Å². The van der Waals surface area contributed by atoms with Gasteiger partial charge in [-0.2, -0.15) is 5.26 Å². The van der Waals surface area contributed by atoms with Crippen LogP contribution < -0.4 is 4.90 Å². The summed E-state index contributed by atoms with van der Waals surface area (Å²) >= 11 is 1.83. The highest BCUT2D eigenvalue weighted by molar-refractivity contribution is 7.25. The predicted octanol–water partition coefficient (Wildman–Crippen LogP) is 10.1. The van der Waals surface area contributed by atoms with E-state index in [0.717, 1.165) is 18.4 Å². The van der Waals surface area contributed by atoms with Crippen molar-refractivity contribution in [3.63, 3.8) is 0 Å². The molecule has 4 aromatic carbocycles. The van der Waals surface area contributed by atoms with E-state index in [0.29, 0.717) is 17.9 Å². The van der Waals surface area contributed by atoms with Crippen molar-refractivity contribution in [1.29, 1.82) is 5.26 Å². The third kappa shape index (κ3) is 4.14. The van der Waals surface area contributed by atoms with Gasteiger partial charge in [-0.05, 0) is 102 Å². The molecule has 0 amide bonds. The predicted molar refractivity (Wildman–Crippen MR) is 172 cm³/mol. The molecule has 3 heteroatoms. The zero-order chi connectivity index (χ0) is 27.3. The molecule has 3 atom stereocenters. The lowest BCUT2D eigenvalue weighted by Crippen LogP contribution is -2.37. The summed E-state index contributed by atoms with van der Waals surface area (Å²) in [4.78, 5) is 2.64. The molecule has 5 aromatic rings. The van der Waals surface area contributed by atoms with Gasteiger partial charge in [-0.15, -0.1) is 11.3 Å². The van der Waals surface area contributed by atoms with E-state index in [2.05, 4.69) is 120 Å². The first kappa shape index (κ1) is 24.4. The van der Waals surface area contributed by atoms with Gasteiger partial charge in [-0.3, -0.25) is 0 Å². The first-order chi connectivity index (χ1) is 20.3. The fraction of sp³-hybridized carbons (Fsp3) is 0.184. The highest BCUT2D eigenvalue weighted by Crippen LogP contribution is 2.51. The van der Waals surface area contributed by atoms with Gasteiger partial charge in [0.25, 0.3) is 0 Å². The number of thiophene rings is 1. The van der Waals surface area contributed by atoms with E-state index in [1.807, 2.05) is 17.4 Å². The normalized spacial score (nSPS) is 21.6. The molecule has 0 bridgehead atoms. The fourth-order valence-corrected chi connectivity index (χ4v) is 8.41. The van der Waals surface area contributed by atoms with Crippen molar-refractivity contribution < 1.29 is 0 Å². The average Bonchev–Trinajstić information content (AvgIpc) is 3.44. The Hall–Kier alpha value is -4.39. The molecule has 0 radical (unpaired) electrons. The Balaban J connectivity index is 1.13. The van der Waals surface area contributed by atoms with Gasteiger partial charge in [-0.25, -0.2) is 0 Å². The number of hydrogen-bond acceptors (Lipinski definition) is 3. The van der Waals surface area contributed by atoms with Crippen LogP contribution in [0.3, 0.4) is 0 Å². The van der Waals surface area contributed by atoms with Gasteiger partial charge in [-0.1, -0.05) is 66.8 Å². The third-order valence-corrected chi connectivity index (χ3v) is 10.4. The Bertz CT molecular complexity index is 1920. The minimum absolute atomic E-state index is 0.482. The van der Waals surface area contributed by atoms with Crippen molar-refractivity contribution in [3.8, 4) is 17.2 Å². The van der Waals surface area contributed by atoms with E-state index in [1.54, 1.807) is 0 Å². The number of hydrogen-bond donors (Lipinski definition) is 0. The first-order valence-electron chi connectivity index (χ1n) is 14.6. The smallest absolute Gasteiger partial charge is 0.0991 e. The summed E-state index contributed by atoms with van der Waals surface area (Å²) in [6.07, 6.45) is 13.9. The lowest BCUT2D eigenvalue weighted by atomic mass is 9.73. The Morgan fingerprint density at radius 3 is 2.34 bits per heavy atom. The molecule has 2 aliphatic carbocycles. The van der Waals surface area contributed by atoms with Crippen LogP contribution in [-0.2, 0) is 0 Å². The van der Waals surface area contributed by atoms with Gasteiger partial charge in [0.15, 0.2) is 0 Å². The molecule has 2 nitrogen and oxygen atoms in total. The van der Waals surface area contributed by atoms with Crippen LogP contribution in [0.25, 0.3) is 31.3 Å². The Labute approximate surface area is 245 Å². The largest absolute Gasteiger partial charge is 0.338 e. The van der Waals surface area contributed by atoms with Crippen LogP contribution in [0.15, 0.2) is 127 Å². The van der Waals surface area contributed by atoms with Crippen LogP contribution in [0, 0.1) is 17.2 Å². The molecule has 2 unspecified atom stereocenters. The molecule has 8 rings (SSSR count). The van der Waals surface area contributed by atoms with Gasteiger partial charge < -0.3 is 4.90 Å². The second kappa shape index (κ2) is 9.91. The van der Waals surface area contributed by atoms with Crippen LogP contribution in [0.2, 0.25) is 0 Å². The summed E-state index contributed by atoms with van der Waals surface area (Å²) in [6.45, 7) is 0. The highest BCUT2D eigenvalue weighted by atomic mass is 32.1. The molecule has 1 saturated carbocycles. The molecule has 2 heterocycles.